The summed E-state index contributed by atoms with van der Waals surface area (Å²) >= 11 is 1.25. The van der Waals surface area contributed by atoms with Crippen LogP contribution in [0.3, 0.4) is 0 Å². The van der Waals surface area contributed by atoms with Crippen LogP contribution in [0.25, 0.3) is 0 Å². The zero-order chi connectivity index (χ0) is 19.7. The zero-order valence-corrected chi connectivity index (χ0v) is 16.8. The van der Waals surface area contributed by atoms with E-state index in [1.165, 1.54) is 18.3 Å². The Labute approximate surface area is 168 Å². The topological polar surface area (TPSA) is 83.6 Å². The van der Waals surface area contributed by atoms with Crippen LogP contribution in [0.4, 0.5) is 5.00 Å². The molecule has 0 spiro atoms. The second kappa shape index (κ2) is 7.89. The van der Waals surface area contributed by atoms with E-state index in [1.807, 2.05) is 0 Å². The van der Waals surface area contributed by atoms with E-state index in [0.717, 1.165) is 25.9 Å². The molecule has 2 atom stereocenters. The highest BCUT2D eigenvalue weighted by molar-refractivity contribution is 7.17. The van der Waals surface area contributed by atoms with Crippen LogP contribution >= 0.6 is 11.3 Å². The van der Waals surface area contributed by atoms with Gasteiger partial charge in [-0.25, -0.2) is 4.98 Å². The first-order chi connectivity index (χ1) is 13.5. The summed E-state index contributed by atoms with van der Waals surface area (Å²) in [7, 11) is 0. The van der Waals surface area contributed by atoms with E-state index in [2.05, 4.69) is 27.4 Å². The Morgan fingerprint density at radius 3 is 2.57 bits per heavy atom. The highest BCUT2D eigenvalue weighted by atomic mass is 32.1. The highest BCUT2D eigenvalue weighted by Gasteiger charge is 2.40. The van der Waals surface area contributed by atoms with Crippen LogP contribution in [0.15, 0.2) is 30.5 Å². The van der Waals surface area contributed by atoms with Crippen molar-refractivity contribution in [3.8, 4) is 10.9 Å². The standard InChI is InChI=1S/C20H24N4O3S/c1-12-18(14-7-9-24(12)10-8-14)23-19(26)15-3-5-16(6-4-15)27-20-21-11-17(28-20)22-13(2)25/h3-6,11-12,14,18H,7-10H2,1-2H3,(H,22,25)(H,23,26). The van der Waals surface area contributed by atoms with E-state index in [4.69, 9.17) is 4.74 Å². The van der Waals surface area contributed by atoms with Gasteiger partial charge in [0.05, 0.1) is 6.20 Å². The van der Waals surface area contributed by atoms with Crippen molar-refractivity contribution in [3.05, 3.63) is 36.0 Å². The number of rotatable bonds is 5. The maximum Gasteiger partial charge on any atom is 0.280 e. The van der Waals surface area contributed by atoms with Crippen molar-refractivity contribution in [1.82, 2.24) is 15.2 Å². The quantitative estimate of drug-likeness (QED) is 0.806. The lowest BCUT2D eigenvalue weighted by molar-refractivity contribution is -0.114. The van der Waals surface area contributed by atoms with E-state index in [-0.39, 0.29) is 17.9 Å². The number of carbonyl (C=O) groups is 2. The number of hydrogen-bond donors (Lipinski definition) is 2. The minimum absolute atomic E-state index is 0.0423. The average Bonchev–Trinajstić information content (AvgIpc) is 3.11. The van der Waals surface area contributed by atoms with Crippen LogP contribution in [0.5, 0.6) is 10.9 Å². The molecular weight excluding hydrogens is 376 g/mol. The van der Waals surface area contributed by atoms with Gasteiger partial charge in [-0.2, -0.15) is 0 Å². The SMILES string of the molecule is CC(=O)Nc1cnc(Oc2ccc(C(=O)NC3C4CCN(CC4)C3C)cc2)s1. The van der Waals surface area contributed by atoms with Crippen LogP contribution in [-0.4, -0.2) is 46.9 Å². The van der Waals surface area contributed by atoms with Crippen molar-refractivity contribution >= 4 is 28.2 Å². The second-order valence-corrected chi connectivity index (χ2v) is 8.40. The highest BCUT2D eigenvalue weighted by Crippen LogP contribution is 2.33. The lowest BCUT2D eigenvalue weighted by Gasteiger charge is -2.49. The van der Waals surface area contributed by atoms with Crippen molar-refractivity contribution in [3.63, 3.8) is 0 Å². The van der Waals surface area contributed by atoms with Gasteiger partial charge in [-0.1, -0.05) is 11.3 Å². The first kappa shape index (κ1) is 18.9. The summed E-state index contributed by atoms with van der Waals surface area (Å²) in [6.07, 6.45) is 3.88. The van der Waals surface area contributed by atoms with Crippen LogP contribution in [0.2, 0.25) is 0 Å². The lowest BCUT2D eigenvalue weighted by atomic mass is 9.79. The molecule has 2 N–H and O–H groups in total. The molecule has 3 aliphatic rings. The number of anilines is 1. The zero-order valence-electron chi connectivity index (χ0n) is 16.0. The maximum atomic E-state index is 12.7. The monoisotopic (exact) mass is 400 g/mol. The van der Waals surface area contributed by atoms with E-state index < -0.39 is 0 Å². The smallest absolute Gasteiger partial charge is 0.280 e. The lowest BCUT2D eigenvalue weighted by Crippen LogP contribution is -2.62. The summed E-state index contributed by atoms with van der Waals surface area (Å²) in [6.45, 7) is 5.94. The molecule has 0 saturated carbocycles. The van der Waals surface area contributed by atoms with Crippen molar-refractivity contribution in [2.45, 2.75) is 38.8 Å². The van der Waals surface area contributed by atoms with E-state index in [1.54, 1.807) is 30.5 Å². The third kappa shape index (κ3) is 4.02. The van der Waals surface area contributed by atoms with Gasteiger partial charge in [0.1, 0.15) is 10.8 Å². The first-order valence-electron chi connectivity index (χ1n) is 9.56. The van der Waals surface area contributed by atoms with Crippen molar-refractivity contribution in [1.29, 1.82) is 0 Å². The predicted octanol–water partition coefficient (Wildman–Crippen LogP) is 3.11. The Hall–Kier alpha value is -2.45. The van der Waals surface area contributed by atoms with Gasteiger partial charge in [0.2, 0.25) is 5.91 Å². The molecule has 2 unspecified atom stereocenters. The molecule has 4 heterocycles. The minimum Gasteiger partial charge on any atom is -0.431 e. The summed E-state index contributed by atoms with van der Waals surface area (Å²) in [5.41, 5.74) is 0.620. The molecular formula is C20H24N4O3S. The van der Waals surface area contributed by atoms with Gasteiger partial charge in [0.15, 0.2) is 0 Å². The van der Waals surface area contributed by atoms with Gasteiger partial charge in [0, 0.05) is 24.6 Å². The van der Waals surface area contributed by atoms with Gasteiger partial charge in [-0.05, 0) is 63.0 Å². The predicted molar refractivity (Wildman–Crippen MR) is 108 cm³/mol. The Balaban J connectivity index is 1.37. The largest absolute Gasteiger partial charge is 0.431 e. The summed E-state index contributed by atoms with van der Waals surface area (Å²) in [5.74, 6) is 0.980. The molecule has 28 heavy (non-hydrogen) atoms. The van der Waals surface area contributed by atoms with Crippen LogP contribution in [-0.2, 0) is 4.79 Å². The number of hydrogen-bond acceptors (Lipinski definition) is 6. The molecule has 7 nitrogen and oxygen atoms in total. The molecule has 2 aromatic rings. The molecule has 0 radical (unpaired) electrons. The minimum atomic E-state index is -0.150. The van der Waals surface area contributed by atoms with Gasteiger partial charge >= 0.3 is 0 Å². The Kier molecular flexibility index (Phi) is 5.32. The third-order valence-electron chi connectivity index (χ3n) is 5.58. The van der Waals surface area contributed by atoms with Gasteiger partial charge in [-0.3, -0.25) is 14.5 Å². The van der Waals surface area contributed by atoms with Crippen LogP contribution < -0.4 is 15.4 Å². The second-order valence-electron chi connectivity index (χ2n) is 7.41. The molecule has 1 aromatic heterocycles. The fourth-order valence-corrected chi connectivity index (χ4v) is 4.82. The third-order valence-corrected chi connectivity index (χ3v) is 6.37. The number of nitrogens with one attached hydrogen (secondary N) is 2. The number of nitrogens with zero attached hydrogens (tertiary/aromatic N) is 2. The van der Waals surface area contributed by atoms with Crippen molar-refractivity contribution in [2.75, 3.05) is 18.4 Å². The molecule has 1 aromatic carbocycles. The summed E-state index contributed by atoms with van der Waals surface area (Å²) in [4.78, 5) is 30.4. The molecule has 8 heteroatoms. The fraction of sp³-hybridized carbons (Fsp3) is 0.450. The summed E-state index contributed by atoms with van der Waals surface area (Å²) in [6, 6.07) is 7.65. The number of ether oxygens (including phenoxy) is 1. The van der Waals surface area contributed by atoms with Crippen molar-refractivity contribution < 1.29 is 14.3 Å². The number of thiazole rings is 1. The van der Waals surface area contributed by atoms with E-state index >= 15 is 0 Å². The van der Waals surface area contributed by atoms with Gasteiger partial charge in [-0.15, -0.1) is 0 Å². The molecule has 3 aliphatic heterocycles. The van der Waals surface area contributed by atoms with Gasteiger partial charge in [0.25, 0.3) is 11.1 Å². The van der Waals surface area contributed by atoms with E-state index in [0.29, 0.717) is 33.5 Å². The average molecular weight is 401 g/mol. The molecule has 0 aliphatic carbocycles. The number of aromatic nitrogens is 1. The number of benzene rings is 1. The Bertz CT molecular complexity index is 857. The van der Waals surface area contributed by atoms with Crippen molar-refractivity contribution in [2.24, 2.45) is 5.92 Å². The van der Waals surface area contributed by atoms with E-state index in [9.17, 15) is 9.59 Å². The van der Waals surface area contributed by atoms with Crippen LogP contribution in [0, 0.1) is 5.92 Å². The molecule has 2 amide bonds. The number of carbonyl (C=O) groups excluding carboxylic acids is 2. The summed E-state index contributed by atoms with van der Waals surface area (Å²) in [5, 5.41) is 6.97. The number of fused-ring (bicyclic) bond motifs is 3. The normalized spacial score (nSPS) is 25.9. The molecule has 3 saturated heterocycles. The molecule has 3 fully saturated rings. The number of amides is 2. The van der Waals surface area contributed by atoms with Gasteiger partial charge < -0.3 is 15.4 Å². The number of piperidine rings is 3. The summed E-state index contributed by atoms with van der Waals surface area (Å²) < 4.78 is 5.70. The Morgan fingerprint density at radius 1 is 1.21 bits per heavy atom. The van der Waals surface area contributed by atoms with Crippen LogP contribution in [0.1, 0.15) is 37.0 Å². The Morgan fingerprint density at radius 2 is 1.93 bits per heavy atom. The first-order valence-corrected chi connectivity index (χ1v) is 10.4. The molecule has 5 rings (SSSR count). The molecule has 148 valence electrons. The molecule has 2 bridgehead atoms. The maximum absolute atomic E-state index is 12.7. The fourth-order valence-electron chi connectivity index (χ4n) is 4.09.